The van der Waals surface area contributed by atoms with Gasteiger partial charge in [-0.3, -0.25) is 4.98 Å². The zero-order valence-corrected chi connectivity index (χ0v) is 14.0. The SMILES string of the molecule is CNCC(=Cc1cnccc1Cl)B1OC(C)(C)C(C)(C)O1. The van der Waals surface area contributed by atoms with Gasteiger partial charge >= 0.3 is 7.12 Å². The molecule has 0 unspecified atom stereocenters. The third-order valence-corrected chi connectivity index (χ3v) is 4.42. The van der Waals surface area contributed by atoms with E-state index in [-0.39, 0.29) is 11.2 Å². The molecule has 6 heteroatoms. The first kappa shape index (κ1) is 16.5. The van der Waals surface area contributed by atoms with Gasteiger partial charge in [0.25, 0.3) is 0 Å². The molecule has 1 aliphatic rings. The van der Waals surface area contributed by atoms with Crippen LogP contribution in [0.25, 0.3) is 6.08 Å². The van der Waals surface area contributed by atoms with Gasteiger partial charge in [0.1, 0.15) is 0 Å². The number of aromatic nitrogens is 1. The van der Waals surface area contributed by atoms with Gasteiger partial charge in [0.2, 0.25) is 0 Å². The second-order valence-electron chi connectivity index (χ2n) is 6.24. The van der Waals surface area contributed by atoms with Crippen molar-refractivity contribution in [2.45, 2.75) is 38.9 Å². The van der Waals surface area contributed by atoms with Crippen LogP contribution in [-0.2, 0) is 9.31 Å². The third-order valence-electron chi connectivity index (χ3n) is 4.07. The lowest BCUT2D eigenvalue weighted by Gasteiger charge is -2.32. The number of hydrogen-bond acceptors (Lipinski definition) is 4. The number of halogens is 1. The average molecular weight is 309 g/mol. The second kappa shape index (κ2) is 6.09. The van der Waals surface area contributed by atoms with E-state index in [1.54, 1.807) is 18.5 Å². The molecule has 114 valence electrons. The summed E-state index contributed by atoms with van der Waals surface area (Å²) in [4.78, 5) is 4.11. The quantitative estimate of drug-likeness (QED) is 0.869. The van der Waals surface area contributed by atoms with Crippen LogP contribution in [0.1, 0.15) is 33.3 Å². The fourth-order valence-electron chi connectivity index (χ4n) is 2.10. The third kappa shape index (κ3) is 3.48. The molecule has 0 saturated carbocycles. The number of hydrogen-bond donors (Lipinski definition) is 1. The Morgan fingerprint density at radius 1 is 1.33 bits per heavy atom. The summed E-state index contributed by atoms with van der Waals surface area (Å²) in [6.45, 7) is 8.83. The average Bonchev–Trinajstić information content (AvgIpc) is 2.60. The first-order chi connectivity index (χ1) is 9.77. The summed E-state index contributed by atoms with van der Waals surface area (Å²) in [5, 5.41) is 3.81. The highest BCUT2D eigenvalue weighted by Crippen LogP contribution is 2.38. The lowest BCUT2D eigenvalue weighted by molar-refractivity contribution is 0.00578. The van der Waals surface area contributed by atoms with E-state index in [0.717, 1.165) is 11.0 Å². The minimum absolute atomic E-state index is 0.358. The molecular weight excluding hydrogens is 286 g/mol. The van der Waals surface area contributed by atoms with Crippen molar-refractivity contribution in [1.82, 2.24) is 10.3 Å². The summed E-state index contributed by atoms with van der Waals surface area (Å²) in [5.74, 6) is 0. The van der Waals surface area contributed by atoms with Gasteiger partial charge in [-0.2, -0.15) is 0 Å². The van der Waals surface area contributed by atoms with Gasteiger partial charge in [-0.05, 0) is 46.3 Å². The highest BCUT2D eigenvalue weighted by Gasteiger charge is 2.52. The van der Waals surface area contributed by atoms with Crippen molar-refractivity contribution in [1.29, 1.82) is 0 Å². The van der Waals surface area contributed by atoms with Crippen LogP contribution in [0.5, 0.6) is 0 Å². The van der Waals surface area contributed by atoms with Crippen LogP contribution < -0.4 is 5.32 Å². The van der Waals surface area contributed by atoms with Crippen molar-refractivity contribution in [2.75, 3.05) is 13.6 Å². The van der Waals surface area contributed by atoms with Gasteiger partial charge in [-0.1, -0.05) is 17.7 Å². The zero-order valence-electron chi connectivity index (χ0n) is 13.2. The minimum Gasteiger partial charge on any atom is -0.400 e. The second-order valence-corrected chi connectivity index (χ2v) is 6.64. The Morgan fingerprint density at radius 2 is 1.95 bits per heavy atom. The lowest BCUT2D eigenvalue weighted by atomic mass is 9.77. The first-order valence-corrected chi connectivity index (χ1v) is 7.45. The minimum atomic E-state index is -0.390. The zero-order chi connectivity index (χ0) is 15.7. The molecule has 4 nitrogen and oxygen atoms in total. The molecule has 1 saturated heterocycles. The Hall–Kier alpha value is -0.875. The smallest absolute Gasteiger partial charge is 0.400 e. The molecule has 1 aromatic rings. The summed E-state index contributed by atoms with van der Waals surface area (Å²) < 4.78 is 12.2. The van der Waals surface area contributed by atoms with E-state index in [2.05, 4.69) is 10.3 Å². The molecule has 0 amide bonds. The van der Waals surface area contributed by atoms with Crippen molar-refractivity contribution in [3.05, 3.63) is 34.5 Å². The van der Waals surface area contributed by atoms with Gasteiger partial charge in [0, 0.05) is 24.5 Å². The van der Waals surface area contributed by atoms with Crippen molar-refractivity contribution >= 4 is 24.8 Å². The molecule has 2 rings (SSSR count). The molecule has 1 N–H and O–H groups in total. The fourth-order valence-corrected chi connectivity index (χ4v) is 2.26. The molecule has 0 atom stereocenters. The van der Waals surface area contributed by atoms with Crippen LogP contribution in [0, 0.1) is 0 Å². The summed E-state index contributed by atoms with van der Waals surface area (Å²) in [7, 11) is 1.50. The van der Waals surface area contributed by atoms with Gasteiger partial charge < -0.3 is 14.6 Å². The van der Waals surface area contributed by atoms with E-state index in [9.17, 15) is 0 Å². The van der Waals surface area contributed by atoms with Crippen LogP contribution >= 0.6 is 11.6 Å². The van der Waals surface area contributed by atoms with Crippen LogP contribution in [0.15, 0.2) is 23.9 Å². The Bertz CT molecular complexity index is 530. The maximum Gasteiger partial charge on any atom is 0.491 e. The van der Waals surface area contributed by atoms with E-state index in [4.69, 9.17) is 20.9 Å². The molecule has 1 fully saturated rings. The summed E-state index contributed by atoms with van der Waals surface area (Å²) in [6, 6.07) is 1.77. The standard InChI is InChI=1S/C15H22BClN2O2/c1-14(2)15(3,4)21-16(20-14)12(10-18-5)8-11-9-19-7-6-13(11)17/h6-9,18H,10H2,1-5H3. The Balaban J connectivity index is 2.31. The Kier molecular flexibility index (Phi) is 4.78. The van der Waals surface area contributed by atoms with Crippen LogP contribution in [0.3, 0.4) is 0 Å². The van der Waals surface area contributed by atoms with Crippen molar-refractivity contribution in [2.24, 2.45) is 0 Å². The number of rotatable bonds is 4. The van der Waals surface area contributed by atoms with Crippen molar-refractivity contribution in [3.8, 4) is 0 Å². The molecule has 0 bridgehead atoms. The Labute approximate surface area is 132 Å². The topological polar surface area (TPSA) is 43.4 Å². The highest BCUT2D eigenvalue weighted by molar-refractivity contribution is 6.56. The molecule has 0 spiro atoms. The summed E-state index contributed by atoms with van der Waals surface area (Å²) >= 11 is 6.20. The molecule has 2 heterocycles. The Morgan fingerprint density at radius 3 is 2.48 bits per heavy atom. The van der Waals surface area contributed by atoms with Crippen LogP contribution in [0.2, 0.25) is 5.02 Å². The summed E-state index contributed by atoms with van der Waals surface area (Å²) in [5.41, 5.74) is 1.14. The number of nitrogens with one attached hydrogen (secondary N) is 1. The predicted molar refractivity (Wildman–Crippen MR) is 87.2 cm³/mol. The lowest BCUT2D eigenvalue weighted by Crippen LogP contribution is -2.41. The summed E-state index contributed by atoms with van der Waals surface area (Å²) in [6.07, 6.45) is 5.39. The van der Waals surface area contributed by atoms with Crippen LogP contribution in [-0.4, -0.2) is 36.9 Å². The van der Waals surface area contributed by atoms with Gasteiger partial charge in [-0.15, -0.1) is 0 Å². The van der Waals surface area contributed by atoms with Gasteiger partial charge in [0.15, 0.2) is 0 Å². The molecule has 0 aromatic carbocycles. The largest absolute Gasteiger partial charge is 0.491 e. The predicted octanol–water partition coefficient (Wildman–Crippen LogP) is 2.97. The van der Waals surface area contributed by atoms with E-state index < -0.39 is 7.12 Å². The molecule has 0 radical (unpaired) electrons. The van der Waals surface area contributed by atoms with E-state index in [0.29, 0.717) is 11.6 Å². The van der Waals surface area contributed by atoms with Crippen molar-refractivity contribution < 1.29 is 9.31 Å². The number of nitrogens with zero attached hydrogens (tertiary/aromatic N) is 1. The highest BCUT2D eigenvalue weighted by atomic mass is 35.5. The molecule has 1 aromatic heterocycles. The maximum absolute atomic E-state index is 6.20. The molecule has 0 aliphatic carbocycles. The molecule has 1 aliphatic heterocycles. The number of pyridine rings is 1. The monoisotopic (exact) mass is 308 g/mol. The fraction of sp³-hybridized carbons (Fsp3) is 0.533. The maximum atomic E-state index is 6.20. The van der Waals surface area contributed by atoms with E-state index in [1.165, 1.54) is 0 Å². The molecular formula is C15H22BClN2O2. The van der Waals surface area contributed by atoms with Gasteiger partial charge in [-0.25, -0.2) is 0 Å². The van der Waals surface area contributed by atoms with E-state index >= 15 is 0 Å². The van der Waals surface area contributed by atoms with E-state index in [1.807, 2.05) is 40.8 Å². The normalized spacial score (nSPS) is 20.9. The van der Waals surface area contributed by atoms with Crippen molar-refractivity contribution in [3.63, 3.8) is 0 Å². The first-order valence-electron chi connectivity index (χ1n) is 7.07. The van der Waals surface area contributed by atoms with Crippen LogP contribution in [0.4, 0.5) is 0 Å². The molecule has 21 heavy (non-hydrogen) atoms. The number of likely N-dealkylation sites (N-methyl/N-ethyl adjacent to an activating group) is 1. The van der Waals surface area contributed by atoms with Gasteiger partial charge in [0.05, 0.1) is 16.2 Å².